The number of halogens is 1. The van der Waals surface area contributed by atoms with Crippen molar-refractivity contribution in [2.24, 2.45) is 0 Å². The molecular weight excluding hydrogens is 488 g/mol. The highest BCUT2D eigenvalue weighted by molar-refractivity contribution is 9.10. The molecule has 2 aromatic heterocycles. The summed E-state index contributed by atoms with van der Waals surface area (Å²) in [6.45, 7) is 11.8. The van der Waals surface area contributed by atoms with Gasteiger partial charge in [-0.15, -0.1) is 10.2 Å². The molecule has 0 aliphatic heterocycles. The summed E-state index contributed by atoms with van der Waals surface area (Å²) in [5.41, 5.74) is 2.75. The molecule has 0 unspecified atom stereocenters. The Bertz CT molecular complexity index is 1170. The molecule has 33 heavy (non-hydrogen) atoms. The van der Waals surface area contributed by atoms with E-state index in [2.05, 4.69) is 31.4 Å². The van der Waals surface area contributed by atoms with Gasteiger partial charge in [-0.25, -0.2) is 4.79 Å². The van der Waals surface area contributed by atoms with Gasteiger partial charge in [0.15, 0.2) is 5.78 Å². The fourth-order valence-corrected chi connectivity index (χ4v) is 4.03. The molecule has 0 aliphatic carbocycles. The summed E-state index contributed by atoms with van der Waals surface area (Å²) in [5.74, 6) is 0.765. The van der Waals surface area contributed by atoms with Gasteiger partial charge in [0.25, 0.3) is 5.89 Å². The highest BCUT2D eigenvalue weighted by Gasteiger charge is 2.27. The Kier molecular flexibility index (Phi) is 7.41. The molecule has 1 amide bonds. The average molecular weight is 517 g/mol. The molecule has 9 heteroatoms. The van der Waals surface area contributed by atoms with E-state index >= 15 is 0 Å². The molecule has 1 N–H and O–H groups in total. The maximum Gasteiger partial charge on any atom is 0.407 e. The van der Waals surface area contributed by atoms with Gasteiger partial charge in [0, 0.05) is 40.8 Å². The molecule has 2 heterocycles. The number of hydrogen-bond donors (Lipinski definition) is 1. The minimum absolute atomic E-state index is 0.0957. The van der Waals surface area contributed by atoms with E-state index < -0.39 is 11.7 Å². The maximum absolute atomic E-state index is 13.4. The molecule has 3 aromatic rings. The van der Waals surface area contributed by atoms with E-state index in [0.717, 1.165) is 15.7 Å². The average Bonchev–Trinajstić information content (AvgIpc) is 3.28. The molecule has 0 aliphatic rings. The number of aromatic nitrogens is 3. The van der Waals surface area contributed by atoms with Crippen molar-refractivity contribution in [1.82, 2.24) is 20.1 Å². The summed E-state index contributed by atoms with van der Waals surface area (Å²) in [7, 11) is 0. The summed E-state index contributed by atoms with van der Waals surface area (Å²) >= 11 is 3.43. The number of benzene rings is 1. The summed E-state index contributed by atoms with van der Waals surface area (Å²) in [6, 6.07) is 7.29. The number of amides is 1. The number of aryl methyl sites for hydroxylation is 1. The normalized spacial score (nSPS) is 11.5. The molecule has 176 valence electrons. The number of ether oxygens (including phenoxy) is 1. The van der Waals surface area contributed by atoms with Gasteiger partial charge in [-0.1, -0.05) is 35.0 Å². The summed E-state index contributed by atoms with van der Waals surface area (Å²) < 4.78 is 13.9. The third kappa shape index (κ3) is 5.71. The van der Waals surface area contributed by atoms with E-state index in [0.29, 0.717) is 48.1 Å². The van der Waals surface area contributed by atoms with Crippen molar-refractivity contribution in [3.8, 4) is 11.6 Å². The van der Waals surface area contributed by atoms with Crippen LogP contribution in [0.15, 0.2) is 33.2 Å². The van der Waals surface area contributed by atoms with Gasteiger partial charge < -0.3 is 19.0 Å². The van der Waals surface area contributed by atoms with E-state index in [1.807, 2.05) is 58.2 Å². The van der Waals surface area contributed by atoms with E-state index in [1.54, 1.807) is 12.1 Å². The molecular formula is C24H29BrN4O4. The van der Waals surface area contributed by atoms with E-state index in [1.165, 1.54) is 0 Å². The quantitative estimate of drug-likeness (QED) is 0.431. The Labute approximate surface area is 201 Å². The van der Waals surface area contributed by atoms with Gasteiger partial charge in [0.05, 0.1) is 0 Å². The van der Waals surface area contributed by atoms with Crippen molar-refractivity contribution in [1.29, 1.82) is 0 Å². The van der Waals surface area contributed by atoms with Crippen molar-refractivity contribution < 1.29 is 18.7 Å². The number of nitrogens with one attached hydrogen (secondary N) is 1. The van der Waals surface area contributed by atoms with Gasteiger partial charge in [-0.3, -0.25) is 4.79 Å². The highest BCUT2D eigenvalue weighted by Crippen LogP contribution is 2.32. The lowest BCUT2D eigenvalue weighted by Crippen LogP contribution is -2.34. The molecule has 0 fully saturated rings. The molecule has 3 rings (SSSR count). The zero-order chi connectivity index (χ0) is 24.3. The predicted molar refractivity (Wildman–Crippen MR) is 128 cm³/mol. The molecule has 0 saturated carbocycles. The van der Waals surface area contributed by atoms with Crippen LogP contribution in [0, 0.1) is 13.8 Å². The SMILES string of the molecule is CCc1nnc(-c2c(C)c(C(=O)c3cccc(Br)c3)c(C)n2CCNC(=O)OC(C)(C)C)o1. The third-order valence-corrected chi connectivity index (χ3v) is 5.55. The Morgan fingerprint density at radius 2 is 1.94 bits per heavy atom. The fraction of sp³-hybridized carbons (Fsp3) is 0.417. The molecule has 8 nitrogen and oxygen atoms in total. The number of hydrogen-bond acceptors (Lipinski definition) is 6. The van der Waals surface area contributed by atoms with Crippen LogP contribution in [-0.2, 0) is 17.7 Å². The summed E-state index contributed by atoms with van der Waals surface area (Å²) in [5, 5.41) is 11.1. The van der Waals surface area contributed by atoms with Crippen LogP contribution < -0.4 is 5.32 Å². The molecule has 0 saturated heterocycles. The lowest BCUT2D eigenvalue weighted by molar-refractivity contribution is 0.0526. The minimum Gasteiger partial charge on any atom is -0.444 e. The first-order chi connectivity index (χ1) is 15.5. The first-order valence-electron chi connectivity index (χ1n) is 10.8. The second-order valence-corrected chi connectivity index (χ2v) is 9.62. The van der Waals surface area contributed by atoms with Crippen molar-refractivity contribution in [3.63, 3.8) is 0 Å². The molecule has 0 radical (unpaired) electrons. The molecule has 0 spiro atoms. The van der Waals surface area contributed by atoms with E-state index in [4.69, 9.17) is 9.15 Å². The smallest absolute Gasteiger partial charge is 0.407 e. The Hall–Kier alpha value is -2.94. The van der Waals surface area contributed by atoms with Crippen molar-refractivity contribution in [2.45, 2.75) is 60.1 Å². The second kappa shape index (κ2) is 9.91. The second-order valence-electron chi connectivity index (χ2n) is 8.71. The topological polar surface area (TPSA) is 99.2 Å². The molecule has 1 aromatic carbocycles. The number of carbonyl (C=O) groups excluding carboxylic acids is 2. The zero-order valence-electron chi connectivity index (χ0n) is 19.8. The van der Waals surface area contributed by atoms with Crippen LogP contribution in [0.5, 0.6) is 0 Å². The van der Waals surface area contributed by atoms with Crippen molar-refractivity contribution in [3.05, 3.63) is 57.0 Å². The van der Waals surface area contributed by atoms with E-state index in [-0.39, 0.29) is 5.78 Å². The van der Waals surface area contributed by atoms with Gasteiger partial charge in [0.1, 0.15) is 11.3 Å². The lowest BCUT2D eigenvalue weighted by atomic mass is 10.00. The highest BCUT2D eigenvalue weighted by atomic mass is 79.9. The van der Waals surface area contributed by atoms with Crippen LogP contribution in [0.25, 0.3) is 11.6 Å². The van der Waals surface area contributed by atoms with Gasteiger partial charge in [-0.05, 0) is 52.3 Å². The van der Waals surface area contributed by atoms with Crippen LogP contribution in [0.2, 0.25) is 0 Å². The van der Waals surface area contributed by atoms with Crippen LogP contribution >= 0.6 is 15.9 Å². The number of nitrogens with zero attached hydrogens (tertiary/aromatic N) is 3. The minimum atomic E-state index is -0.584. The predicted octanol–water partition coefficient (Wildman–Crippen LogP) is 5.24. The number of ketones is 1. The van der Waals surface area contributed by atoms with Crippen LogP contribution in [-0.4, -0.2) is 38.8 Å². The Balaban J connectivity index is 1.99. The molecule has 0 atom stereocenters. The Morgan fingerprint density at radius 3 is 2.55 bits per heavy atom. The molecule has 0 bridgehead atoms. The maximum atomic E-state index is 13.4. The number of alkyl carbamates (subject to hydrolysis) is 1. The van der Waals surface area contributed by atoms with E-state index in [9.17, 15) is 9.59 Å². The standard InChI is InChI=1S/C24H29BrN4O4/c1-7-18-27-28-22(32-18)20-14(2)19(21(30)16-9-8-10-17(25)13-16)15(3)29(20)12-11-26-23(31)33-24(4,5)6/h8-10,13H,7,11-12H2,1-6H3,(H,26,31). The monoisotopic (exact) mass is 516 g/mol. The van der Waals surface area contributed by atoms with Crippen LogP contribution in [0.1, 0.15) is 60.8 Å². The summed E-state index contributed by atoms with van der Waals surface area (Å²) in [4.78, 5) is 25.5. The van der Waals surface area contributed by atoms with Crippen molar-refractivity contribution >= 4 is 27.8 Å². The van der Waals surface area contributed by atoms with Crippen molar-refractivity contribution in [2.75, 3.05) is 6.54 Å². The van der Waals surface area contributed by atoms with Gasteiger partial charge in [0.2, 0.25) is 5.89 Å². The fourth-order valence-electron chi connectivity index (χ4n) is 3.63. The number of rotatable bonds is 7. The van der Waals surface area contributed by atoms with Gasteiger partial charge in [-0.2, -0.15) is 0 Å². The van der Waals surface area contributed by atoms with Crippen LogP contribution in [0.4, 0.5) is 4.79 Å². The lowest BCUT2D eigenvalue weighted by Gasteiger charge is -2.20. The summed E-state index contributed by atoms with van der Waals surface area (Å²) in [6.07, 6.45) is 0.109. The largest absolute Gasteiger partial charge is 0.444 e. The first kappa shape index (κ1) is 24.7. The van der Waals surface area contributed by atoms with Gasteiger partial charge >= 0.3 is 6.09 Å². The first-order valence-corrected chi connectivity index (χ1v) is 11.6. The number of carbonyl (C=O) groups is 2. The van der Waals surface area contributed by atoms with Crippen LogP contribution in [0.3, 0.4) is 0 Å². The Morgan fingerprint density at radius 1 is 1.21 bits per heavy atom. The third-order valence-electron chi connectivity index (χ3n) is 5.06. The zero-order valence-corrected chi connectivity index (χ0v) is 21.4.